The SMILES string of the molecule is COC(=O)c1ccccc1NC(=O)[C@H](CCS(C)=O)NC(=O)c1cnc2c(n1)c(=O)n(C)c(=O)n2C. The largest absolute Gasteiger partial charge is 0.465 e. The van der Waals surface area contributed by atoms with Crippen molar-refractivity contribution in [1.82, 2.24) is 24.4 Å². The molecule has 36 heavy (non-hydrogen) atoms. The normalized spacial score (nSPS) is 12.6. The van der Waals surface area contributed by atoms with Crippen molar-refractivity contribution in [2.45, 2.75) is 12.5 Å². The Morgan fingerprint density at radius 2 is 1.83 bits per heavy atom. The van der Waals surface area contributed by atoms with Crippen LogP contribution < -0.4 is 21.9 Å². The van der Waals surface area contributed by atoms with Gasteiger partial charge in [0.15, 0.2) is 11.2 Å². The average molecular weight is 517 g/mol. The van der Waals surface area contributed by atoms with Gasteiger partial charge in [0.05, 0.1) is 24.6 Å². The van der Waals surface area contributed by atoms with E-state index in [1.807, 2.05) is 0 Å². The Balaban J connectivity index is 1.91. The predicted molar refractivity (Wildman–Crippen MR) is 131 cm³/mol. The van der Waals surface area contributed by atoms with Gasteiger partial charge in [-0.05, 0) is 18.6 Å². The fourth-order valence-electron chi connectivity index (χ4n) is 3.33. The van der Waals surface area contributed by atoms with E-state index in [0.717, 1.165) is 15.3 Å². The number of para-hydroxylation sites is 1. The summed E-state index contributed by atoms with van der Waals surface area (Å²) in [5, 5.41) is 5.10. The first-order valence-corrected chi connectivity index (χ1v) is 12.3. The van der Waals surface area contributed by atoms with E-state index < -0.39 is 45.9 Å². The van der Waals surface area contributed by atoms with Crippen molar-refractivity contribution in [3.8, 4) is 0 Å². The Bertz CT molecular complexity index is 1500. The van der Waals surface area contributed by atoms with Crippen molar-refractivity contribution in [3.05, 3.63) is 62.6 Å². The summed E-state index contributed by atoms with van der Waals surface area (Å²) in [5.74, 6) is -2.05. The minimum absolute atomic E-state index is 0.00487. The first-order chi connectivity index (χ1) is 17.0. The second kappa shape index (κ2) is 11.0. The van der Waals surface area contributed by atoms with Gasteiger partial charge in [0.1, 0.15) is 11.7 Å². The van der Waals surface area contributed by atoms with Crippen molar-refractivity contribution in [1.29, 1.82) is 0 Å². The van der Waals surface area contributed by atoms with Gasteiger partial charge in [-0.15, -0.1) is 0 Å². The molecule has 3 rings (SSSR count). The molecule has 0 radical (unpaired) electrons. The van der Waals surface area contributed by atoms with Crippen LogP contribution in [-0.2, 0) is 34.4 Å². The first kappa shape index (κ1) is 26.4. The van der Waals surface area contributed by atoms with Gasteiger partial charge >= 0.3 is 11.7 Å². The monoisotopic (exact) mass is 516 g/mol. The molecule has 0 fully saturated rings. The number of methoxy groups -OCH3 is 1. The minimum Gasteiger partial charge on any atom is -0.465 e. The number of aryl methyl sites for hydroxylation is 1. The van der Waals surface area contributed by atoms with Crippen molar-refractivity contribution >= 4 is 45.4 Å². The van der Waals surface area contributed by atoms with Crippen LogP contribution in [0.5, 0.6) is 0 Å². The number of aromatic nitrogens is 4. The molecule has 0 saturated heterocycles. The summed E-state index contributed by atoms with van der Waals surface area (Å²) in [6, 6.07) is 5.01. The summed E-state index contributed by atoms with van der Waals surface area (Å²) < 4.78 is 18.3. The fraction of sp³-hybridized carbons (Fsp3) is 0.318. The van der Waals surface area contributed by atoms with Gasteiger partial charge in [0.25, 0.3) is 11.5 Å². The Morgan fingerprint density at radius 1 is 1.14 bits per heavy atom. The van der Waals surface area contributed by atoms with Crippen LogP contribution in [0.15, 0.2) is 40.1 Å². The molecular weight excluding hydrogens is 492 g/mol. The summed E-state index contributed by atoms with van der Waals surface area (Å²) in [6.45, 7) is 0. The number of nitrogens with zero attached hydrogens (tertiary/aromatic N) is 4. The van der Waals surface area contributed by atoms with E-state index in [4.69, 9.17) is 4.74 Å². The third-order valence-corrected chi connectivity index (χ3v) is 6.10. The Labute approximate surface area is 207 Å². The third kappa shape index (κ3) is 5.54. The van der Waals surface area contributed by atoms with E-state index in [2.05, 4.69) is 20.6 Å². The van der Waals surface area contributed by atoms with Crippen LogP contribution in [0.3, 0.4) is 0 Å². The van der Waals surface area contributed by atoms with E-state index in [1.54, 1.807) is 12.1 Å². The van der Waals surface area contributed by atoms with Crippen molar-refractivity contribution in [3.63, 3.8) is 0 Å². The number of fused-ring (bicyclic) bond motifs is 1. The standard InChI is InChI=1S/C22H24N6O7S/c1-27-17-16(20(31)28(2)22(27)33)24-15(11-23-17)19(30)26-14(9-10-36(4)34)18(29)25-13-8-6-5-7-12(13)21(32)35-3/h5-8,11,14H,9-10H2,1-4H3,(H,25,29)(H,26,30)/t14-,36?/m0/s1. The highest BCUT2D eigenvalue weighted by Crippen LogP contribution is 2.17. The van der Waals surface area contributed by atoms with Crippen molar-refractivity contribution in [2.75, 3.05) is 24.4 Å². The Morgan fingerprint density at radius 3 is 2.50 bits per heavy atom. The second-order valence-corrected chi connectivity index (χ2v) is 9.31. The number of esters is 1. The molecule has 0 saturated carbocycles. The lowest BCUT2D eigenvalue weighted by Crippen LogP contribution is -2.45. The fourth-order valence-corrected chi connectivity index (χ4v) is 3.89. The average Bonchev–Trinajstić information content (AvgIpc) is 2.87. The molecule has 13 nitrogen and oxygen atoms in total. The van der Waals surface area contributed by atoms with E-state index in [0.29, 0.717) is 0 Å². The highest BCUT2D eigenvalue weighted by Gasteiger charge is 2.25. The lowest BCUT2D eigenvalue weighted by molar-refractivity contribution is -0.118. The molecule has 3 aromatic rings. The van der Waals surface area contributed by atoms with Gasteiger partial charge in [-0.1, -0.05) is 12.1 Å². The molecule has 0 aliphatic carbocycles. The molecule has 1 unspecified atom stereocenters. The van der Waals surface area contributed by atoms with Crippen LogP contribution >= 0.6 is 0 Å². The number of hydrogen-bond acceptors (Lipinski definition) is 9. The number of carbonyl (C=O) groups excluding carboxylic acids is 3. The quantitative estimate of drug-likeness (QED) is 0.368. The topological polar surface area (TPSA) is 171 Å². The molecule has 1 aromatic carbocycles. The molecule has 0 bridgehead atoms. The number of rotatable bonds is 8. The minimum atomic E-state index is -1.26. The highest BCUT2D eigenvalue weighted by molar-refractivity contribution is 7.84. The zero-order valence-corrected chi connectivity index (χ0v) is 20.7. The van der Waals surface area contributed by atoms with Crippen molar-refractivity contribution in [2.24, 2.45) is 14.1 Å². The molecule has 14 heteroatoms. The smallest absolute Gasteiger partial charge is 0.339 e. The van der Waals surface area contributed by atoms with Gasteiger partial charge in [-0.25, -0.2) is 19.6 Å². The summed E-state index contributed by atoms with van der Waals surface area (Å²) in [5.41, 5.74) is -1.52. The molecule has 2 heterocycles. The summed E-state index contributed by atoms with van der Waals surface area (Å²) in [6.07, 6.45) is 2.55. The number of benzene rings is 1. The Hall–Kier alpha value is -4.20. The predicted octanol–water partition coefficient (Wildman–Crippen LogP) is -0.680. The highest BCUT2D eigenvalue weighted by atomic mass is 32.2. The summed E-state index contributed by atoms with van der Waals surface area (Å²) in [4.78, 5) is 70.7. The zero-order chi connectivity index (χ0) is 26.6. The molecule has 2 amide bonds. The maximum Gasteiger partial charge on any atom is 0.339 e. The van der Waals surface area contributed by atoms with Crippen LogP contribution in [0.25, 0.3) is 11.2 Å². The van der Waals surface area contributed by atoms with Gasteiger partial charge in [-0.2, -0.15) is 0 Å². The molecule has 2 N–H and O–H groups in total. The van der Waals surface area contributed by atoms with Gasteiger partial charge in [-0.3, -0.25) is 27.7 Å². The van der Waals surface area contributed by atoms with Crippen LogP contribution in [0, 0.1) is 0 Å². The molecule has 0 spiro atoms. The maximum absolute atomic E-state index is 13.0. The first-order valence-electron chi connectivity index (χ1n) is 10.6. The number of amides is 2. The number of hydrogen-bond donors (Lipinski definition) is 2. The van der Waals surface area contributed by atoms with Crippen molar-refractivity contribution < 1.29 is 23.3 Å². The van der Waals surface area contributed by atoms with E-state index in [9.17, 15) is 28.2 Å². The third-order valence-electron chi connectivity index (χ3n) is 5.29. The van der Waals surface area contributed by atoms with Crippen LogP contribution in [0.4, 0.5) is 5.69 Å². The van der Waals surface area contributed by atoms with Gasteiger partial charge < -0.3 is 15.4 Å². The maximum atomic E-state index is 13.0. The number of nitrogens with one attached hydrogen (secondary N) is 2. The van der Waals surface area contributed by atoms with E-state index in [1.165, 1.54) is 39.6 Å². The number of carbonyl (C=O) groups is 3. The zero-order valence-electron chi connectivity index (χ0n) is 19.9. The summed E-state index contributed by atoms with van der Waals surface area (Å²) in [7, 11) is 2.63. The lowest BCUT2D eigenvalue weighted by atomic mass is 10.1. The molecule has 0 aliphatic rings. The lowest BCUT2D eigenvalue weighted by Gasteiger charge is -2.19. The van der Waals surface area contributed by atoms with Crippen LogP contribution in [0.1, 0.15) is 27.3 Å². The van der Waals surface area contributed by atoms with E-state index >= 15 is 0 Å². The molecule has 0 aliphatic heterocycles. The van der Waals surface area contributed by atoms with Gasteiger partial charge in [0, 0.05) is 36.9 Å². The second-order valence-electron chi connectivity index (χ2n) is 7.75. The van der Waals surface area contributed by atoms with Crippen LogP contribution in [0.2, 0.25) is 0 Å². The van der Waals surface area contributed by atoms with Gasteiger partial charge in [0.2, 0.25) is 5.91 Å². The molecule has 2 aromatic heterocycles. The molecule has 2 atom stereocenters. The molecular formula is C22H24N6O7S. The molecule has 190 valence electrons. The van der Waals surface area contributed by atoms with E-state index in [-0.39, 0.29) is 40.3 Å². The number of anilines is 1. The van der Waals surface area contributed by atoms with Crippen LogP contribution in [-0.4, -0.2) is 66.3 Å². The number of ether oxygens (including phenoxy) is 1. The summed E-state index contributed by atoms with van der Waals surface area (Å²) >= 11 is 0. The Kier molecular flexibility index (Phi) is 8.09.